The molecule has 28 heavy (non-hydrogen) atoms. The Morgan fingerprint density at radius 3 is 2.64 bits per heavy atom. The Labute approximate surface area is 166 Å². The van der Waals surface area contributed by atoms with Crippen molar-refractivity contribution in [2.75, 3.05) is 25.2 Å². The molecule has 0 aromatic carbocycles. The smallest absolute Gasteiger partial charge is 0.341 e. The molecule has 10 heteroatoms. The predicted octanol–water partition coefficient (Wildman–Crippen LogP) is 2.39. The van der Waals surface area contributed by atoms with Crippen LogP contribution in [0.3, 0.4) is 0 Å². The van der Waals surface area contributed by atoms with Gasteiger partial charge in [-0.1, -0.05) is 5.16 Å². The van der Waals surface area contributed by atoms with Gasteiger partial charge in [0.25, 0.3) is 0 Å². The number of carbonyl (C=O) groups is 3. The minimum Gasteiger partial charge on any atom is -0.465 e. The molecule has 1 N–H and O–H groups in total. The third kappa shape index (κ3) is 5.62. The Hall–Kier alpha value is -2.75. The van der Waals surface area contributed by atoms with Gasteiger partial charge >= 0.3 is 5.97 Å². The molecule has 1 unspecified atom stereocenters. The number of carbonyl (C=O) groups excluding carboxylic acids is 3. The summed E-state index contributed by atoms with van der Waals surface area (Å²) < 4.78 is 15.1. The summed E-state index contributed by atoms with van der Waals surface area (Å²) in [6.45, 7) is 5.29. The van der Waals surface area contributed by atoms with Crippen molar-refractivity contribution >= 4 is 35.4 Å². The van der Waals surface area contributed by atoms with E-state index in [0.717, 1.165) is 0 Å². The van der Waals surface area contributed by atoms with E-state index in [1.165, 1.54) is 23.8 Å². The molecule has 0 aliphatic rings. The molecule has 2 amide bonds. The number of hydrogen-bond donors (Lipinski definition) is 1. The fraction of sp³-hybridized carbons (Fsp3) is 0.444. The summed E-state index contributed by atoms with van der Waals surface area (Å²) in [6.07, 6.45) is 0. The molecular formula is C18H23N3O6S. The first-order chi connectivity index (χ1) is 13.2. The first-order valence-electron chi connectivity index (χ1n) is 8.48. The zero-order valence-corrected chi connectivity index (χ0v) is 17.2. The van der Waals surface area contributed by atoms with E-state index in [1.807, 2.05) is 0 Å². The van der Waals surface area contributed by atoms with E-state index < -0.39 is 11.2 Å². The lowest BCUT2D eigenvalue weighted by Gasteiger charge is -2.17. The van der Waals surface area contributed by atoms with Crippen molar-refractivity contribution < 1.29 is 28.1 Å². The van der Waals surface area contributed by atoms with Crippen molar-refractivity contribution in [2.24, 2.45) is 0 Å². The van der Waals surface area contributed by atoms with Gasteiger partial charge < -0.3 is 23.9 Å². The number of nitrogens with one attached hydrogen (secondary N) is 1. The van der Waals surface area contributed by atoms with E-state index in [1.54, 1.807) is 40.0 Å². The summed E-state index contributed by atoms with van der Waals surface area (Å²) in [6, 6.07) is 3.18. The number of ether oxygens (including phenoxy) is 1. The second-order valence-electron chi connectivity index (χ2n) is 6.19. The summed E-state index contributed by atoms with van der Waals surface area (Å²) in [5, 5.41) is 5.88. The van der Waals surface area contributed by atoms with Gasteiger partial charge in [0.05, 0.1) is 24.7 Å². The quantitative estimate of drug-likeness (QED) is 0.661. The van der Waals surface area contributed by atoms with Gasteiger partial charge in [-0.25, -0.2) is 4.79 Å². The summed E-state index contributed by atoms with van der Waals surface area (Å²) in [5.41, 5.74) is 0.334. The lowest BCUT2D eigenvalue weighted by molar-refractivity contribution is -0.127. The molecule has 2 aromatic rings. The molecule has 0 aliphatic heterocycles. The van der Waals surface area contributed by atoms with Crippen LogP contribution in [0.4, 0.5) is 5.82 Å². The van der Waals surface area contributed by atoms with Gasteiger partial charge in [0, 0.05) is 13.1 Å². The van der Waals surface area contributed by atoms with Crippen LogP contribution >= 0.6 is 11.8 Å². The maximum absolute atomic E-state index is 12.3. The van der Waals surface area contributed by atoms with Crippen LogP contribution < -0.4 is 5.32 Å². The highest BCUT2D eigenvalue weighted by Gasteiger charge is 2.20. The zero-order chi connectivity index (χ0) is 20.8. The Kier molecular flexibility index (Phi) is 7.27. The first-order valence-corrected chi connectivity index (χ1v) is 9.53. The Bertz CT molecular complexity index is 859. The molecule has 0 fully saturated rings. The summed E-state index contributed by atoms with van der Waals surface area (Å²) in [4.78, 5) is 37.6. The van der Waals surface area contributed by atoms with E-state index in [0.29, 0.717) is 28.7 Å². The van der Waals surface area contributed by atoms with Gasteiger partial charge in [0.2, 0.25) is 11.8 Å². The standard InChI is InChI=1S/C18H23N3O6S/c1-10-6-15(20-27-10)19-17(23)12(3)28-9-16(22)21(4)8-13-7-14(11(2)26-13)18(24)25-5/h6-7,12H,8-9H2,1-5H3,(H,19,20,23). The van der Waals surface area contributed by atoms with Gasteiger partial charge in [-0.3, -0.25) is 9.59 Å². The Morgan fingerprint density at radius 2 is 2.04 bits per heavy atom. The fourth-order valence-electron chi connectivity index (χ4n) is 2.29. The van der Waals surface area contributed by atoms with Crippen LogP contribution in [0.5, 0.6) is 0 Å². The number of esters is 1. The van der Waals surface area contributed by atoms with E-state index in [-0.39, 0.29) is 24.1 Å². The number of anilines is 1. The van der Waals surface area contributed by atoms with Gasteiger partial charge in [0.15, 0.2) is 5.82 Å². The van der Waals surface area contributed by atoms with Crippen LogP contribution in [0.25, 0.3) is 0 Å². The summed E-state index contributed by atoms with van der Waals surface area (Å²) in [7, 11) is 2.92. The van der Waals surface area contributed by atoms with E-state index >= 15 is 0 Å². The molecule has 2 aromatic heterocycles. The molecule has 2 heterocycles. The molecule has 0 bridgehead atoms. The minimum absolute atomic E-state index is 0.118. The molecule has 0 spiro atoms. The maximum atomic E-state index is 12.3. The number of aryl methyl sites for hydroxylation is 2. The molecule has 0 aliphatic carbocycles. The van der Waals surface area contributed by atoms with E-state index in [9.17, 15) is 14.4 Å². The second-order valence-corrected chi connectivity index (χ2v) is 7.52. The van der Waals surface area contributed by atoms with Crippen molar-refractivity contribution in [1.82, 2.24) is 10.1 Å². The Morgan fingerprint density at radius 1 is 1.32 bits per heavy atom. The molecule has 0 saturated heterocycles. The van der Waals surface area contributed by atoms with Crippen LogP contribution in [-0.4, -0.2) is 53.0 Å². The van der Waals surface area contributed by atoms with Crippen LogP contribution in [0.15, 0.2) is 21.1 Å². The monoisotopic (exact) mass is 409 g/mol. The first kappa shape index (κ1) is 21.5. The minimum atomic E-state index is -0.487. The fourth-order valence-corrected chi connectivity index (χ4v) is 3.11. The SMILES string of the molecule is COC(=O)c1cc(CN(C)C(=O)CSC(C)C(=O)Nc2cc(C)on2)oc1C. The normalized spacial score (nSPS) is 11.8. The number of thioether (sulfide) groups is 1. The number of methoxy groups -OCH3 is 1. The third-order valence-corrected chi connectivity index (χ3v) is 5.03. The highest BCUT2D eigenvalue weighted by atomic mass is 32.2. The van der Waals surface area contributed by atoms with E-state index in [4.69, 9.17) is 8.94 Å². The lowest BCUT2D eigenvalue weighted by atomic mass is 10.2. The molecule has 0 saturated carbocycles. The van der Waals surface area contributed by atoms with Crippen LogP contribution in [0.2, 0.25) is 0 Å². The third-order valence-electron chi connectivity index (χ3n) is 3.90. The van der Waals surface area contributed by atoms with Crippen molar-refractivity contribution in [3.8, 4) is 0 Å². The second kappa shape index (κ2) is 9.45. The summed E-state index contributed by atoms with van der Waals surface area (Å²) in [5.74, 6) is 1.04. The number of aromatic nitrogens is 1. The van der Waals surface area contributed by atoms with Crippen molar-refractivity contribution in [1.29, 1.82) is 0 Å². The molecule has 2 rings (SSSR count). The average Bonchev–Trinajstić information content (AvgIpc) is 3.23. The zero-order valence-electron chi connectivity index (χ0n) is 16.4. The highest BCUT2D eigenvalue weighted by molar-refractivity contribution is 8.01. The Balaban J connectivity index is 1.83. The topological polar surface area (TPSA) is 115 Å². The van der Waals surface area contributed by atoms with Gasteiger partial charge in [-0.15, -0.1) is 11.8 Å². The molecule has 1 atom stereocenters. The van der Waals surface area contributed by atoms with E-state index in [2.05, 4.69) is 15.2 Å². The maximum Gasteiger partial charge on any atom is 0.341 e. The van der Waals surface area contributed by atoms with Crippen molar-refractivity contribution in [3.05, 3.63) is 35.0 Å². The summed E-state index contributed by atoms with van der Waals surface area (Å²) >= 11 is 1.21. The number of hydrogen-bond acceptors (Lipinski definition) is 8. The van der Waals surface area contributed by atoms with Crippen LogP contribution in [0.1, 0.15) is 34.6 Å². The number of rotatable bonds is 8. The van der Waals surface area contributed by atoms with Crippen molar-refractivity contribution in [3.63, 3.8) is 0 Å². The molecule has 152 valence electrons. The molecular weight excluding hydrogens is 386 g/mol. The number of furan rings is 1. The number of amides is 2. The highest BCUT2D eigenvalue weighted by Crippen LogP contribution is 2.18. The van der Waals surface area contributed by atoms with Crippen LogP contribution in [0, 0.1) is 13.8 Å². The van der Waals surface area contributed by atoms with Crippen molar-refractivity contribution in [2.45, 2.75) is 32.6 Å². The largest absolute Gasteiger partial charge is 0.465 e. The van der Waals surface area contributed by atoms with Gasteiger partial charge in [0.1, 0.15) is 22.8 Å². The van der Waals surface area contributed by atoms with Gasteiger partial charge in [-0.05, 0) is 26.8 Å². The van der Waals surface area contributed by atoms with Crippen LogP contribution in [-0.2, 0) is 20.9 Å². The lowest BCUT2D eigenvalue weighted by Crippen LogP contribution is -2.30. The predicted molar refractivity (Wildman–Crippen MR) is 103 cm³/mol. The molecule has 0 radical (unpaired) electrons. The molecule has 9 nitrogen and oxygen atoms in total. The number of nitrogens with zero attached hydrogens (tertiary/aromatic N) is 2. The average molecular weight is 409 g/mol. The van der Waals surface area contributed by atoms with Gasteiger partial charge in [-0.2, -0.15) is 0 Å².